The number of sulfonamides is 1. The van der Waals surface area contributed by atoms with Crippen LogP contribution in [0, 0.1) is 0 Å². The van der Waals surface area contributed by atoms with Gasteiger partial charge in [0.1, 0.15) is 0 Å². The van der Waals surface area contributed by atoms with Crippen molar-refractivity contribution < 1.29 is 18.0 Å². The average molecular weight is 576 g/mol. The number of benzene rings is 4. The fourth-order valence-corrected chi connectivity index (χ4v) is 6.63. The Bertz CT molecular complexity index is 1990. The van der Waals surface area contributed by atoms with E-state index in [1.165, 1.54) is 12.1 Å². The molecule has 1 saturated heterocycles. The largest absolute Gasteiger partial charge is 0.350 e. The Morgan fingerprint density at radius 3 is 2.05 bits per heavy atom. The van der Waals surface area contributed by atoms with Crippen LogP contribution in [0.4, 0.5) is 11.6 Å². The number of nitrogens with one attached hydrogen (secondary N) is 1. The first kappa shape index (κ1) is 25.8. The summed E-state index contributed by atoms with van der Waals surface area (Å²) in [5, 5.41) is 0. The number of carbonyl (C=O) groups is 2. The molecule has 42 heavy (non-hydrogen) atoms. The fourth-order valence-electron chi connectivity index (χ4n) is 5.61. The number of carbonyl (C=O) groups excluding carboxylic acids is 2. The highest BCUT2D eigenvalue weighted by atomic mass is 32.2. The molecule has 0 spiro atoms. The first-order valence-corrected chi connectivity index (χ1v) is 15.0. The zero-order valence-corrected chi connectivity index (χ0v) is 23.2. The van der Waals surface area contributed by atoms with Crippen LogP contribution < -0.4 is 9.62 Å². The van der Waals surface area contributed by atoms with Crippen LogP contribution in [0.25, 0.3) is 22.2 Å². The first-order valence-electron chi connectivity index (χ1n) is 13.6. The lowest BCUT2D eigenvalue weighted by molar-refractivity contribution is 0.0742. The van der Waals surface area contributed by atoms with Crippen LogP contribution in [0.5, 0.6) is 0 Å². The van der Waals surface area contributed by atoms with Crippen LogP contribution in [0.3, 0.4) is 0 Å². The lowest BCUT2D eigenvalue weighted by atomic mass is 9.99. The van der Waals surface area contributed by atoms with E-state index in [0.29, 0.717) is 59.7 Å². The SMILES string of the molecule is O=C1c2ccccc2-c2cccc(C(=O)N3CCN(c4nc5ccccc5nc4NS(=O)(=O)c4ccccc4)CC3)c21. The quantitative estimate of drug-likeness (QED) is 0.320. The smallest absolute Gasteiger partial charge is 0.263 e. The molecule has 0 atom stereocenters. The summed E-state index contributed by atoms with van der Waals surface area (Å²) in [5.74, 6) is 0.181. The standard InChI is InChI=1S/C32H25N5O4S/c38-29-24-12-5-4-11-22(24)23-13-8-14-25(28(23)29)32(39)37-19-17-36(18-20-37)31-30(33-26-15-6-7-16-27(26)34-31)35-42(40,41)21-9-2-1-3-10-21/h1-16H,17-20H2,(H,33,35). The number of aromatic nitrogens is 2. The van der Waals surface area contributed by atoms with E-state index in [1.807, 2.05) is 53.4 Å². The number of ketones is 1. The lowest BCUT2D eigenvalue weighted by Gasteiger charge is -2.36. The van der Waals surface area contributed by atoms with Crippen molar-refractivity contribution in [2.75, 3.05) is 35.8 Å². The summed E-state index contributed by atoms with van der Waals surface area (Å²) in [6.45, 7) is 1.54. The van der Waals surface area contributed by atoms with Gasteiger partial charge in [0.2, 0.25) is 0 Å². The topological polar surface area (TPSA) is 113 Å². The van der Waals surface area contributed by atoms with Crippen LogP contribution >= 0.6 is 0 Å². The maximum Gasteiger partial charge on any atom is 0.263 e. The van der Waals surface area contributed by atoms with Crippen molar-refractivity contribution in [3.63, 3.8) is 0 Å². The molecule has 0 radical (unpaired) electrons. The van der Waals surface area contributed by atoms with Gasteiger partial charge in [0.15, 0.2) is 17.4 Å². The second kappa shape index (κ2) is 10.1. The zero-order valence-electron chi connectivity index (χ0n) is 22.4. The predicted molar refractivity (Wildman–Crippen MR) is 160 cm³/mol. The number of para-hydroxylation sites is 2. The highest BCUT2D eigenvalue weighted by Gasteiger charge is 2.33. The predicted octanol–water partition coefficient (Wildman–Crippen LogP) is 4.60. The molecule has 208 valence electrons. The van der Waals surface area contributed by atoms with Crippen molar-refractivity contribution in [2.45, 2.75) is 4.90 Å². The minimum atomic E-state index is -3.91. The second-order valence-electron chi connectivity index (χ2n) is 10.2. The van der Waals surface area contributed by atoms with Gasteiger partial charge in [0.25, 0.3) is 15.9 Å². The van der Waals surface area contributed by atoms with Crippen LogP contribution in [0.2, 0.25) is 0 Å². The Labute approximate surface area is 242 Å². The van der Waals surface area contributed by atoms with Crippen LogP contribution in [-0.4, -0.2) is 61.2 Å². The van der Waals surface area contributed by atoms with Gasteiger partial charge in [-0.2, -0.15) is 0 Å². The van der Waals surface area contributed by atoms with Gasteiger partial charge < -0.3 is 9.80 Å². The molecule has 1 amide bonds. The summed E-state index contributed by atoms with van der Waals surface area (Å²) < 4.78 is 29.0. The van der Waals surface area contributed by atoms with E-state index in [2.05, 4.69) is 9.71 Å². The summed E-state index contributed by atoms with van der Waals surface area (Å²) >= 11 is 0. The van der Waals surface area contributed by atoms with Gasteiger partial charge in [0.05, 0.1) is 21.5 Å². The number of anilines is 2. The van der Waals surface area contributed by atoms with Crippen molar-refractivity contribution in [3.8, 4) is 11.1 Å². The van der Waals surface area contributed by atoms with Gasteiger partial charge in [-0.15, -0.1) is 0 Å². The number of amides is 1. The number of piperazine rings is 1. The van der Waals surface area contributed by atoms with Crippen molar-refractivity contribution in [2.24, 2.45) is 0 Å². The highest BCUT2D eigenvalue weighted by molar-refractivity contribution is 7.92. The fraction of sp³-hybridized carbons (Fsp3) is 0.125. The van der Waals surface area contributed by atoms with E-state index < -0.39 is 10.0 Å². The first-order chi connectivity index (χ1) is 20.4. The summed E-state index contributed by atoms with van der Waals surface area (Å²) in [6, 6.07) is 28.2. The zero-order chi connectivity index (χ0) is 28.8. The van der Waals surface area contributed by atoms with Gasteiger partial charge >= 0.3 is 0 Å². The molecule has 1 aliphatic carbocycles. The third-order valence-corrected chi connectivity index (χ3v) is 9.04. The average Bonchev–Trinajstić information content (AvgIpc) is 3.32. The number of rotatable bonds is 5. The molecular formula is C32H25N5O4S. The van der Waals surface area contributed by atoms with Gasteiger partial charge in [-0.25, -0.2) is 18.4 Å². The Kier molecular flexibility index (Phi) is 6.20. The molecule has 7 rings (SSSR count). The molecule has 9 nitrogen and oxygen atoms in total. The summed E-state index contributed by atoms with van der Waals surface area (Å²) in [6.07, 6.45) is 0. The van der Waals surface area contributed by atoms with E-state index in [0.717, 1.165) is 11.1 Å². The van der Waals surface area contributed by atoms with Gasteiger partial charge in [0, 0.05) is 37.3 Å². The Morgan fingerprint density at radius 1 is 0.690 bits per heavy atom. The van der Waals surface area contributed by atoms with Crippen molar-refractivity contribution in [1.82, 2.24) is 14.9 Å². The Morgan fingerprint density at radius 2 is 1.31 bits per heavy atom. The van der Waals surface area contributed by atoms with Gasteiger partial charge in [-0.05, 0) is 41.5 Å². The molecular weight excluding hydrogens is 550 g/mol. The van der Waals surface area contributed by atoms with Crippen LogP contribution in [-0.2, 0) is 10.0 Å². The molecule has 0 bridgehead atoms. The normalized spacial score (nSPS) is 14.5. The summed E-state index contributed by atoms with van der Waals surface area (Å²) in [7, 11) is -3.91. The van der Waals surface area contributed by atoms with Crippen LogP contribution in [0.1, 0.15) is 26.3 Å². The molecule has 0 unspecified atom stereocenters. The van der Waals surface area contributed by atoms with E-state index in [4.69, 9.17) is 4.98 Å². The molecule has 2 heterocycles. The molecule has 1 aliphatic heterocycles. The molecule has 1 N–H and O–H groups in total. The minimum Gasteiger partial charge on any atom is -0.350 e. The Hall–Kier alpha value is -5.09. The lowest BCUT2D eigenvalue weighted by Crippen LogP contribution is -2.49. The van der Waals surface area contributed by atoms with E-state index in [1.54, 1.807) is 41.3 Å². The maximum atomic E-state index is 13.7. The number of nitrogens with zero attached hydrogens (tertiary/aromatic N) is 4. The van der Waals surface area contributed by atoms with Crippen LogP contribution in [0.15, 0.2) is 102 Å². The molecule has 0 saturated carbocycles. The third-order valence-electron chi connectivity index (χ3n) is 7.69. The van der Waals surface area contributed by atoms with E-state index in [9.17, 15) is 18.0 Å². The van der Waals surface area contributed by atoms with Crippen molar-refractivity contribution in [3.05, 3.63) is 114 Å². The summed E-state index contributed by atoms with van der Waals surface area (Å²) in [5.41, 5.74) is 4.27. The highest BCUT2D eigenvalue weighted by Crippen LogP contribution is 2.38. The Balaban J connectivity index is 1.16. The molecule has 4 aromatic carbocycles. The van der Waals surface area contributed by atoms with E-state index >= 15 is 0 Å². The number of fused-ring (bicyclic) bond motifs is 4. The number of hydrogen-bond acceptors (Lipinski definition) is 7. The molecule has 1 aromatic heterocycles. The maximum absolute atomic E-state index is 13.7. The molecule has 5 aromatic rings. The number of hydrogen-bond donors (Lipinski definition) is 1. The van der Waals surface area contributed by atoms with Gasteiger partial charge in [-0.3, -0.25) is 14.3 Å². The van der Waals surface area contributed by atoms with Crippen molar-refractivity contribution >= 4 is 44.4 Å². The second-order valence-corrected chi connectivity index (χ2v) is 11.9. The monoisotopic (exact) mass is 575 g/mol. The molecule has 10 heteroatoms. The van der Waals surface area contributed by atoms with Gasteiger partial charge in [-0.1, -0.05) is 66.7 Å². The van der Waals surface area contributed by atoms with E-state index in [-0.39, 0.29) is 22.4 Å². The van der Waals surface area contributed by atoms with Crippen molar-refractivity contribution in [1.29, 1.82) is 0 Å². The minimum absolute atomic E-state index is 0.119. The molecule has 1 fully saturated rings. The third kappa shape index (κ3) is 4.36. The molecule has 2 aliphatic rings. The summed E-state index contributed by atoms with van der Waals surface area (Å²) in [4.78, 5) is 40.1.